The molecule has 0 saturated carbocycles. The van der Waals surface area contributed by atoms with Crippen LogP contribution in [0.15, 0.2) is 36.4 Å². The summed E-state index contributed by atoms with van der Waals surface area (Å²) in [5.74, 6) is 0.185. The second-order valence-electron chi connectivity index (χ2n) is 6.24. The Morgan fingerprint density at radius 2 is 1.72 bits per heavy atom. The van der Waals surface area contributed by atoms with E-state index in [0.29, 0.717) is 31.4 Å². The summed E-state index contributed by atoms with van der Waals surface area (Å²) in [5.41, 5.74) is 1.49. The number of likely N-dealkylation sites (N-methyl/N-ethyl adjacent to an activating group) is 1. The lowest BCUT2D eigenvalue weighted by Gasteiger charge is -2.28. The van der Waals surface area contributed by atoms with Gasteiger partial charge in [0, 0.05) is 39.4 Å². The fraction of sp³-hybridized carbons (Fsp3) is 0.300. The van der Waals surface area contributed by atoms with Crippen molar-refractivity contribution in [2.75, 3.05) is 12.8 Å². The number of hydrogen-bond acceptors (Lipinski definition) is 3. The number of rotatable bonds is 8. The summed E-state index contributed by atoms with van der Waals surface area (Å²) in [6, 6.07) is 9.68. The smallest absolute Gasteiger partial charge is 0.242 e. The van der Waals surface area contributed by atoms with Gasteiger partial charge >= 0.3 is 0 Å². The zero-order valence-corrected chi connectivity index (χ0v) is 19.7. The first kappa shape index (κ1) is 24.2. The van der Waals surface area contributed by atoms with E-state index in [-0.39, 0.29) is 24.1 Å². The first-order chi connectivity index (χ1) is 13.7. The zero-order valence-electron chi connectivity index (χ0n) is 15.8. The minimum atomic E-state index is -0.663. The van der Waals surface area contributed by atoms with E-state index in [1.807, 2.05) is 0 Å². The maximum Gasteiger partial charge on any atom is 0.242 e. The predicted molar refractivity (Wildman–Crippen MR) is 123 cm³/mol. The molecule has 156 valence electrons. The van der Waals surface area contributed by atoms with Gasteiger partial charge in [0.2, 0.25) is 11.8 Å². The van der Waals surface area contributed by atoms with Crippen molar-refractivity contribution < 1.29 is 9.59 Å². The van der Waals surface area contributed by atoms with Crippen molar-refractivity contribution in [2.45, 2.75) is 25.3 Å². The number of nitrogens with zero attached hydrogens (tertiary/aromatic N) is 1. The summed E-state index contributed by atoms with van der Waals surface area (Å²) in [6.45, 7) is 1.87. The maximum absolute atomic E-state index is 12.9. The first-order valence-electron chi connectivity index (χ1n) is 8.70. The third-order valence-corrected chi connectivity index (χ3v) is 6.54. The average Bonchev–Trinajstić information content (AvgIpc) is 2.68. The molecule has 0 heterocycles. The number of nitrogens with one attached hydrogen (secondary N) is 1. The summed E-state index contributed by atoms with van der Waals surface area (Å²) in [6.07, 6.45) is 0. The van der Waals surface area contributed by atoms with Gasteiger partial charge < -0.3 is 10.2 Å². The summed E-state index contributed by atoms with van der Waals surface area (Å²) in [5, 5.41) is 4.63. The summed E-state index contributed by atoms with van der Waals surface area (Å²) in [4.78, 5) is 26.6. The Morgan fingerprint density at radius 1 is 1.07 bits per heavy atom. The van der Waals surface area contributed by atoms with E-state index in [4.69, 9.17) is 46.4 Å². The van der Waals surface area contributed by atoms with Gasteiger partial charge in [-0.2, -0.15) is 0 Å². The molecule has 0 aliphatic rings. The molecule has 0 unspecified atom stereocenters. The lowest BCUT2D eigenvalue weighted by atomic mass is 10.1. The molecule has 29 heavy (non-hydrogen) atoms. The van der Waals surface area contributed by atoms with E-state index in [1.54, 1.807) is 43.3 Å². The van der Waals surface area contributed by atoms with Crippen LogP contribution < -0.4 is 5.32 Å². The van der Waals surface area contributed by atoms with Crippen LogP contribution in [0.5, 0.6) is 0 Å². The predicted octanol–water partition coefficient (Wildman–Crippen LogP) is 5.70. The minimum Gasteiger partial charge on any atom is -0.357 e. The molecule has 0 aliphatic heterocycles. The lowest BCUT2D eigenvalue weighted by Crippen LogP contribution is -2.47. The Kier molecular flexibility index (Phi) is 9.44. The molecular weight excluding hydrogens is 474 g/mol. The Labute approximate surface area is 194 Å². The van der Waals surface area contributed by atoms with Crippen molar-refractivity contribution >= 4 is 70.0 Å². The molecule has 0 spiro atoms. The fourth-order valence-electron chi connectivity index (χ4n) is 2.62. The van der Waals surface area contributed by atoms with E-state index in [1.165, 1.54) is 23.7 Å². The van der Waals surface area contributed by atoms with Crippen LogP contribution in [0.4, 0.5) is 0 Å². The van der Waals surface area contributed by atoms with Crippen LogP contribution in [-0.2, 0) is 21.9 Å². The number of carbonyl (C=O) groups excluding carboxylic acids is 2. The van der Waals surface area contributed by atoms with Crippen molar-refractivity contribution in [3.8, 4) is 0 Å². The number of halogens is 4. The summed E-state index contributed by atoms with van der Waals surface area (Å²) >= 11 is 26.0. The number of hydrogen-bond donors (Lipinski definition) is 1. The Hall–Kier alpha value is -1.11. The van der Waals surface area contributed by atoms with Gasteiger partial charge in [-0.15, -0.1) is 11.8 Å². The molecule has 1 atom stereocenters. The molecule has 2 amide bonds. The van der Waals surface area contributed by atoms with Crippen molar-refractivity contribution in [1.82, 2.24) is 10.2 Å². The van der Waals surface area contributed by atoms with Gasteiger partial charge in [0.1, 0.15) is 6.04 Å². The molecule has 0 radical (unpaired) electrons. The number of benzene rings is 2. The monoisotopic (exact) mass is 492 g/mol. The maximum atomic E-state index is 12.9. The van der Waals surface area contributed by atoms with Gasteiger partial charge in [-0.3, -0.25) is 9.59 Å². The van der Waals surface area contributed by atoms with Gasteiger partial charge in [-0.25, -0.2) is 0 Å². The van der Waals surface area contributed by atoms with Crippen LogP contribution in [0.2, 0.25) is 20.1 Å². The third kappa shape index (κ3) is 6.69. The fourth-order valence-corrected chi connectivity index (χ4v) is 4.73. The molecule has 4 nitrogen and oxygen atoms in total. The molecule has 2 aromatic rings. The van der Waals surface area contributed by atoms with Crippen LogP contribution >= 0.6 is 58.2 Å². The van der Waals surface area contributed by atoms with E-state index in [2.05, 4.69) is 5.32 Å². The Morgan fingerprint density at radius 3 is 2.31 bits per heavy atom. The molecular formula is C20H20Cl4N2O2S. The number of amides is 2. The summed E-state index contributed by atoms with van der Waals surface area (Å²) in [7, 11) is 1.53. The van der Waals surface area contributed by atoms with Crippen LogP contribution in [0.25, 0.3) is 0 Å². The average molecular weight is 494 g/mol. The molecule has 1 N–H and O–H groups in total. The van der Waals surface area contributed by atoms with E-state index in [9.17, 15) is 9.59 Å². The van der Waals surface area contributed by atoms with E-state index in [0.717, 1.165) is 5.56 Å². The standard InChI is InChI=1S/C20H20Cl4N2O2S/c1-12(20(28)25-2)26(9-13-6-7-14(21)8-18(13)24)19(27)11-29-10-15-16(22)4-3-5-17(15)23/h3-8,12H,9-11H2,1-2H3,(H,25,28)/t12-/m0/s1. The van der Waals surface area contributed by atoms with E-state index >= 15 is 0 Å². The van der Waals surface area contributed by atoms with Crippen LogP contribution in [0.3, 0.4) is 0 Å². The molecule has 0 aromatic heterocycles. The zero-order chi connectivity index (χ0) is 21.6. The van der Waals surface area contributed by atoms with Gasteiger partial charge in [0.25, 0.3) is 0 Å². The highest BCUT2D eigenvalue weighted by molar-refractivity contribution is 7.99. The highest BCUT2D eigenvalue weighted by Gasteiger charge is 2.26. The second kappa shape index (κ2) is 11.3. The van der Waals surface area contributed by atoms with Crippen LogP contribution in [0.1, 0.15) is 18.1 Å². The highest BCUT2D eigenvalue weighted by Crippen LogP contribution is 2.29. The SMILES string of the molecule is CNC(=O)[C@H](C)N(Cc1ccc(Cl)cc1Cl)C(=O)CSCc1c(Cl)cccc1Cl. The van der Waals surface area contributed by atoms with Crippen LogP contribution in [0, 0.1) is 0 Å². The topological polar surface area (TPSA) is 49.4 Å². The number of thioether (sulfide) groups is 1. The van der Waals surface area contributed by atoms with Gasteiger partial charge in [-0.05, 0) is 42.3 Å². The van der Waals surface area contributed by atoms with Crippen molar-refractivity contribution in [1.29, 1.82) is 0 Å². The second-order valence-corrected chi connectivity index (χ2v) is 8.88. The molecule has 0 aliphatic carbocycles. The van der Waals surface area contributed by atoms with Gasteiger partial charge in [-0.1, -0.05) is 58.5 Å². The molecule has 2 aromatic carbocycles. The first-order valence-corrected chi connectivity index (χ1v) is 11.4. The van der Waals surface area contributed by atoms with Crippen LogP contribution in [-0.4, -0.2) is 35.6 Å². The van der Waals surface area contributed by atoms with E-state index < -0.39 is 6.04 Å². The molecule has 0 saturated heterocycles. The Balaban J connectivity index is 2.12. The van der Waals surface area contributed by atoms with Gasteiger partial charge in [0.15, 0.2) is 0 Å². The largest absolute Gasteiger partial charge is 0.357 e. The lowest BCUT2D eigenvalue weighted by molar-refractivity contribution is -0.138. The molecule has 2 rings (SSSR count). The molecule has 0 bridgehead atoms. The Bertz CT molecular complexity index is 875. The summed E-state index contributed by atoms with van der Waals surface area (Å²) < 4.78 is 0. The third-order valence-electron chi connectivity index (χ3n) is 4.30. The minimum absolute atomic E-state index is 0.161. The van der Waals surface area contributed by atoms with Gasteiger partial charge in [0.05, 0.1) is 5.75 Å². The molecule has 9 heteroatoms. The number of carbonyl (C=O) groups is 2. The van der Waals surface area contributed by atoms with Crippen molar-refractivity contribution in [3.63, 3.8) is 0 Å². The molecule has 0 fully saturated rings. The quantitative estimate of drug-likeness (QED) is 0.513. The highest BCUT2D eigenvalue weighted by atomic mass is 35.5. The normalized spacial score (nSPS) is 11.8. The van der Waals surface area contributed by atoms with Crippen molar-refractivity contribution in [2.24, 2.45) is 0 Å². The van der Waals surface area contributed by atoms with Crippen molar-refractivity contribution in [3.05, 3.63) is 67.6 Å².